The van der Waals surface area contributed by atoms with E-state index >= 15 is 0 Å². The van der Waals surface area contributed by atoms with Crippen LogP contribution in [0.4, 0.5) is 0 Å². The van der Waals surface area contributed by atoms with Gasteiger partial charge in [0.15, 0.2) is 0 Å². The molecule has 0 aliphatic rings. The van der Waals surface area contributed by atoms with Gasteiger partial charge in [0.05, 0.1) is 12.4 Å². The molecule has 6 heteroatoms. The lowest BCUT2D eigenvalue weighted by Gasteiger charge is -1.86. The van der Waals surface area contributed by atoms with E-state index in [4.69, 9.17) is 0 Å². The summed E-state index contributed by atoms with van der Waals surface area (Å²) in [6.45, 7) is 2.42. The van der Waals surface area contributed by atoms with Gasteiger partial charge in [-0.25, -0.2) is 9.59 Å². The Bertz CT molecular complexity index is 198. The van der Waals surface area contributed by atoms with Gasteiger partial charge in [0, 0.05) is 13.8 Å². The van der Waals surface area contributed by atoms with Crippen molar-refractivity contribution in [2.75, 3.05) is 0 Å². The van der Waals surface area contributed by atoms with Crippen LogP contribution in [-0.2, 0) is 19.3 Å². The highest BCUT2D eigenvalue weighted by atomic mass is 16.7. The van der Waals surface area contributed by atoms with Crippen molar-refractivity contribution in [1.29, 1.82) is 0 Å². The van der Waals surface area contributed by atoms with Gasteiger partial charge in [0.1, 0.15) is 0 Å². The fourth-order valence-electron chi connectivity index (χ4n) is 0.264. The first-order chi connectivity index (χ1) is 5.63. The molecular weight excluding hydrogens is 164 g/mol. The number of hydrogen-bond acceptors (Lipinski definition) is 6. The maximum absolute atomic E-state index is 10.1. The Morgan fingerprint density at radius 3 is 1.58 bits per heavy atom. The van der Waals surface area contributed by atoms with Crippen LogP contribution >= 0.6 is 0 Å². The summed E-state index contributed by atoms with van der Waals surface area (Å²) in [4.78, 5) is 28.5. The molecule has 0 heterocycles. The molecule has 0 aromatic heterocycles. The predicted molar refractivity (Wildman–Crippen MR) is 40.5 cm³/mol. The van der Waals surface area contributed by atoms with Crippen LogP contribution in [0.5, 0.6) is 0 Å². The number of carbonyl (C=O) groups excluding carboxylic acids is 2. The molecule has 0 bridgehead atoms. The molecule has 12 heavy (non-hydrogen) atoms. The van der Waals surface area contributed by atoms with E-state index in [2.05, 4.69) is 20.0 Å². The number of nitrogens with zero attached hydrogens (tertiary/aromatic N) is 2. The van der Waals surface area contributed by atoms with E-state index in [1.54, 1.807) is 0 Å². The third-order valence-electron chi connectivity index (χ3n) is 0.551. The van der Waals surface area contributed by atoms with Crippen LogP contribution in [0.1, 0.15) is 13.8 Å². The Morgan fingerprint density at radius 2 is 1.33 bits per heavy atom. The maximum atomic E-state index is 10.1. The Morgan fingerprint density at radius 1 is 1.00 bits per heavy atom. The summed E-state index contributed by atoms with van der Waals surface area (Å²) >= 11 is 0. The van der Waals surface area contributed by atoms with Crippen molar-refractivity contribution < 1.29 is 19.3 Å². The van der Waals surface area contributed by atoms with Crippen molar-refractivity contribution in [3.05, 3.63) is 0 Å². The Labute approximate surface area is 68.8 Å². The van der Waals surface area contributed by atoms with E-state index in [1.165, 1.54) is 13.8 Å². The van der Waals surface area contributed by atoms with E-state index < -0.39 is 11.9 Å². The lowest BCUT2D eigenvalue weighted by molar-refractivity contribution is -0.141. The first kappa shape index (κ1) is 10.3. The Kier molecular flexibility index (Phi) is 5.16. The molecular formula is C6H8N2O4. The van der Waals surface area contributed by atoms with E-state index in [-0.39, 0.29) is 0 Å². The van der Waals surface area contributed by atoms with Gasteiger partial charge >= 0.3 is 11.9 Å². The van der Waals surface area contributed by atoms with Crippen LogP contribution in [0, 0.1) is 0 Å². The van der Waals surface area contributed by atoms with Crippen molar-refractivity contribution in [2.45, 2.75) is 13.8 Å². The van der Waals surface area contributed by atoms with Gasteiger partial charge < -0.3 is 9.68 Å². The maximum Gasteiger partial charge on any atom is 0.331 e. The second-order valence-electron chi connectivity index (χ2n) is 1.67. The third kappa shape index (κ3) is 8.28. The van der Waals surface area contributed by atoms with Gasteiger partial charge in [-0.15, -0.1) is 0 Å². The molecule has 0 spiro atoms. The Balaban J connectivity index is 3.52. The van der Waals surface area contributed by atoms with Gasteiger partial charge in [-0.2, -0.15) is 0 Å². The molecule has 0 atom stereocenters. The number of carbonyl (C=O) groups is 2. The first-order valence-electron chi connectivity index (χ1n) is 3.03. The third-order valence-corrected chi connectivity index (χ3v) is 0.551. The van der Waals surface area contributed by atoms with Gasteiger partial charge in [-0.1, -0.05) is 10.3 Å². The number of rotatable bonds is 3. The average Bonchev–Trinajstić information content (AvgIpc) is 1.95. The summed E-state index contributed by atoms with van der Waals surface area (Å²) in [5.74, 6) is -1.07. The molecule has 0 saturated carbocycles. The van der Waals surface area contributed by atoms with Gasteiger partial charge in [-0.3, -0.25) is 0 Å². The lowest BCUT2D eigenvalue weighted by atomic mass is 10.8. The highest BCUT2D eigenvalue weighted by molar-refractivity contribution is 6.15. The minimum absolute atomic E-state index is 0.535. The normalized spacial score (nSPS) is 10.5. The summed E-state index contributed by atoms with van der Waals surface area (Å²) in [6.07, 6.45) is 2.15. The summed E-state index contributed by atoms with van der Waals surface area (Å²) < 4.78 is 0. The quantitative estimate of drug-likeness (QED) is 0.343. The van der Waals surface area contributed by atoms with Crippen molar-refractivity contribution >= 4 is 24.4 Å². The number of hydrogen-bond donors (Lipinski definition) is 0. The summed E-state index contributed by atoms with van der Waals surface area (Å²) in [5.41, 5.74) is 0. The van der Waals surface area contributed by atoms with E-state index in [1.807, 2.05) is 0 Å². The molecule has 0 aromatic rings. The average molecular weight is 172 g/mol. The van der Waals surface area contributed by atoms with E-state index in [9.17, 15) is 9.59 Å². The molecule has 0 aliphatic heterocycles. The van der Waals surface area contributed by atoms with Crippen molar-refractivity contribution in [1.82, 2.24) is 0 Å². The highest BCUT2D eigenvalue weighted by Gasteiger charge is 1.86. The second kappa shape index (κ2) is 6.02. The zero-order valence-corrected chi connectivity index (χ0v) is 6.68. The smallest absolute Gasteiger partial charge is 0.319 e. The lowest BCUT2D eigenvalue weighted by Crippen LogP contribution is -1.93. The standard InChI is InChI=1S/C6H8N2O4/c1-5(9)11-7-3-4-8-12-6(2)10/h3-4H,1-2H3/b7-3+,8-4+. The van der Waals surface area contributed by atoms with Crippen LogP contribution in [0.15, 0.2) is 10.3 Å². The SMILES string of the molecule is CC(=O)O/N=C/C=N/OC(C)=O. The van der Waals surface area contributed by atoms with Crippen molar-refractivity contribution in [2.24, 2.45) is 10.3 Å². The van der Waals surface area contributed by atoms with Gasteiger partial charge in [-0.05, 0) is 0 Å². The fraction of sp³-hybridized carbons (Fsp3) is 0.333. The minimum Gasteiger partial charge on any atom is -0.319 e. The summed E-state index contributed by atoms with van der Waals surface area (Å²) in [7, 11) is 0. The molecule has 6 nitrogen and oxygen atoms in total. The molecule has 0 radical (unpaired) electrons. The largest absolute Gasteiger partial charge is 0.331 e. The molecule has 0 saturated heterocycles. The van der Waals surface area contributed by atoms with Crippen LogP contribution in [0.25, 0.3) is 0 Å². The van der Waals surface area contributed by atoms with Crippen molar-refractivity contribution in [3.8, 4) is 0 Å². The fourth-order valence-corrected chi connectivity index (χ4v) is 0.264. The molecule has 0 unspecified atom stereocenters. The molecule has 0 rings (SSSR count). The molecule has 0 aromatic carbocycles. The van der Waals surface area contributed by atoms with Crippen LogP contribution in [0.2, 0.25) is 0 Å². The topological polar surface area (TPSA) is 77.3 Å². The molecule has 0 aliphatic carbocycles. The minimum atomic E-state index is -0.535. The molecule has 66 valence electrons. The zero-order valence-electron chi connectivity index (χ0n) is 6.68. The van der Waals surface area contributed by atoms with Crippen LogP contribution < -0.4 is 0 Å². The van der Waals surface area contributed by atoms with Crippen LogP contribution in [0.3, 0.4) is 0 Å². The zero-order chi connectivity index (χ0) is 9.40. The first-order valence-corrected chi connectivity index (χ1v) is 3.03. The van der Waals surface area contributed by atoms with E-state index in [0.717, 1.165) is 12.4 Å². The van der Waals surface area contributed by atoms with Gasteiger partial charge in [0.2, 0.25) is 0 Å². The predicted octanol–water partition coefficient (Wildman–Crippen LogP) is 0.0842. The summed E-state index contributed by atoms with van der Waals surface area (Å²) in [6, 6.07) is 0. The van der Waals surface area contributed by atoms with E-state index in [0.29, 0.717) is 0 Å². The highest BCUT2D eigenvalue weighted by Crippen LogP contribution is 1.75. The van der Waals surface area contributed by atoms with Gasteiger partial charge in [0.25, 0.3) is 0 Å². The molecule has 0 N–H and O–H groups in total. The van der Waals surface area contributed by atoms with Crippen molar-refractivity contribution in [3.63, 3.8) is 0 Å². The monoisotopic (exact) mass is 172 g/mol. The second-order valence-corrected chi connectivity index (χ2v) is 1.67. The summed E-state index contributed by atoms with van der Waals surface area (Å²) in [5, 5.41) is 6.31. The van der Waals surface area contributed by atoms with Crippen LogP contribution in [-0.4, -0.2) is 24.4 Å². The molecule has 0 amide bonds. The number of oxime groups is 2. The molecule has 0 fully saturated rings. The Hall–Kier alpha value is -1.72.